The second-order valence-corrected chi connectivity index (χ2v) is 4.91. The maximum Gasteiger partial charge on any atom is 0.312 e. The van der Waals surface area contributed by atoms with Crippen molar-refractivity contribution < 1.29 is 9.53 Å². The van der Waals surface area contributed by atoms with Crippen LogP contribution in [0.25, 0.3) is 0 Å². The maximum atomic E-state index is 11.3. The van der Waals surface area contributed by atoms with Crippen molar-refractivity contribution in [2.45, 2.75) is 39.0 Å². The highest BCUT2D eigenvalue weighted by molar-refractivity contribution is 5.72. The quantitative estimate of drug-likeness (QED) is 0.593. The highest BCUT2D eigenvalue weighted by Gasteiger charge is 2.13. The maximum absolute atomic E-state index is 11.3. The summed E-state index contributed by atoms with van der Waals surface area (Å²) in [6.07, 6.45) is 0.330. The van der Waals surface area contributed by atoms with Crippen molar-refractivity contribution in [2.75, 3.05) is 0 Å². The van der Waals surface area contributed by atoms with Gasteiger partial charge in [0.25, 0.3) is 0 Å². The molecule has 0 heterocycles. The zero-order valence-electron chi connectivity index (χ0n) is 10.5. The number of hydrogen-bond donors (Lipinski definition) is 0. The third kappa shape index (κ3) is 4.28. The van der Waals surface area contributed by atoms with Crippen LogP contribution in [-0.4, -0.2) is 5.97 Å². The number of ether oxygens (including phenoxy) is 1. The molecule has 1 aromatic rings. The van der Waals surface area contributed by atoms with Crippen molar-refractivity contribution in [3.05, 3.63) is 29.8 Å². The highest BCUT2D eigenvalue weighted by atomic mass is 16.5. The zero-order valence-corrected chi connectivity index (χ0v) is 10.5. The van der Waals surface area contributed by atoms with Gasteiger partial charge in [0.05, 0.1) is 12.5 Å². The van der Waals surface area contributed by atoms with Gasteiger partial charge >= 0.3 is 5.97 Å². The molecule has 0 saturated carbocycles. The molecule has 3 heteroatoms. The van der Waals surface area contributed by atoms with Crippen LogP contribution in [0.3, 0.4) is 0 Å². The number of esters is 1. The molecule has 0 radical (unpaired) electrons. The van der Waals surface area contributed by atoms with Crippen LogP contribution in [0.15, 0.2) is 24.3 Å². The molecular weight excluding hydrogens is 214 g/mol. The summed E-state index contributed by atoms with van der Waals surface area (Å²) in [7, 11) is 0. The molecule has 0 bridgehead atoms. The van der Waals surface area contributed by atoms with E-state index in [4.69, 9.17) is 10.00 Å². The minimum absolute atomic E-state index is 0.0867. The Morgan fingerprint density at radius 3 is 2.35 bits per heavy atom. The Kier molecular flexibility index (Phi) is 4.28. The van der Waals surface area contributed by atoms with Crippen molar-refractivity contribution in [2.24, 2.45) is 0 Å². The van der Waals surface area contributed by atoms with Crippen molar-refractivity contribution >= 4 is 5.97 Å². The Bertz CT molecular complexity index is 421. The van der Waals surface area contributed by atoms with Crippen LogP contribution in [0.1, 0.15) is 39.2 Å². The number of nitriles is 1. The molecule has 0 saturated heterocycles. The van der Waals surface area contributed by atoms with Crippen LogP contribution in [0.5, 0.6) is 5.75 Å². The van der Waals surface area contributed by atoms with E-state index in [0.717, 1.165) is 0 Å². The van der Waals surface area contributed by atoms with E-state index < -0.39 is 0 Å². The van der Waals surface area contributed by atoms with Gasteiger partial charge in [-0.1, -0.05) is 32.9 Å². The molecule has 0 aliphatic heterocycles. The first-order chi connectivity index (χ1) is 7.93. The molecule has 0 atom stereocenters. The summed E-state index contributed by atoms with van der Waals surface area (Å²) in [5.41, 5.74) is 1.28. The molecule has 3 nitrogen and oxygen atoms in total. The van der Waals surface area contributed by atoms with Gasteiger partial charge in [-0.15, -0.1) is 0 Å². The Hall–Kier alpha value is -1.82. The molecule has 0 aliphatic carbocycles. The van der Waals surface area contributed by atoms with E-state index in [1.54, 1.807) is 12.1 Å². The number of nitrogens with zero attached hydrogens (tertiary/aromatic N) is 1. The van der Waals surface area contributed by atoms with Gasteiger partial charge in [-0.25, -0.2) is 0 Å². The average Bonchev–Trinajstić information content (AvgIpc) is 2.26. The van der Waals surface area contributed by atoms with Crippen LogP contribution in [0, 0.1) is 11.3 Å². The summed E-state index contributed by atoms with van der Waals surface area (Å²) < 4.78 is 5.09. The van der Waals surface area contributed by atoms with Crippen LogP contribution >= 0.6 is 0 Å². The van der Waals surface area contributed by atoms with Crippen LogP contribution < -0.4 is 4.74 Å². The lowest BCUT2D eigenvalue weighted by atomic mass is 9.87. The van der Waals surface area contributed by atoms with E-state index in [-0.39, 0.29) is 24.2 Å². The fourth-order valence-corrected chi connectivity index (χ4v) is 1.36. The van der Waals surface area contributed by atoms with Gasteiger partial charge in [-0.2, -0.15) is 5.26 Å². The number of hydrogen-bond acceptors (Lipinski definition) is 3. The minimum Gasteiger partial charge on any atom is -0.427 e. The number of carbonyl (C=O) groups excluding carboxylic acids is 1. The largest absolute Gasteiger partial charge is 0.427 e. The molecule has 0 aromatic heterocycles. The molecule has 0 spiro atoms. The van der Waals surface area contributed by atoms with E-state index in [1.165, 1.54) is 5.56 Å². The Morgan fingerprint density at radius 1 is 1.29 bits per heavy atom. The van der Waals surface area contributed by atoms with Crippen molar-refractivity contribution in [1.82, 2.24) is 0 Å². The van der Waals surface area contributed by atoms with E-state index in [9.17, 15) is 4.79 Å². The minimum atomic E-state index is -0.366. The topological polar surface area (TPSA) is 50.1 Å². The monoisotopic (exact) mass is 231 g/mol. The Balaban J connectivity index is 2.63. The van der Waals surface area contributed by atoms with Gasteiger partial charge < -0.3 is 4.74 Å². The number of carbonyl (C=O) groups is 1. The van der Waals surface area contributed by atoms with Crippen LogP contribution in [0.4, 0.5) is 0 Å². The average molecular weight is 231 g/mol. The van der Waals surface area contributed by atoms with Crippen LogP contribution in [-0.2, 0) is 10.2 Å². The molecule has 0 amide bonds. The van der Waals surface area contributed by atoms with Gasteiger partial charge in [-0.05, 0) is 23.1 Å². The summed E-state index contributed by atoms with van der Waals surface area (Å²) in [4.78, 5) is 11.3. The first-order valence-electron chi connectivity index (χ1n) is 5.61. The number of rotatable bonds is 3. The summed E-state index contributed by atoms with van der Waals surface area (Å²) in [6.45, 7) is 6.38. The smallest absolute Gasteiger partial charge is 0.312 e. The number of benzene rings is 1. The molecule has 1 aromatic carbocycles. The van der Waals surface area contributed by atoms with E-state index in [0.29, 0.717) is 5.75 Å². The summed E-state index contributed by atoms with van der Waals surface area (Å²) >= 11 is 0. The van der Waals surface area contributed by atoms with E-state index in [2.05, 4.69) is 20.8 Å². The molecule has 0 aliphatic rings. The van der Waals surface area contributed by atoms with Crippen molar-refractivity contribution in [3.8, 4) is 11.8 Å². The molecule has 90 valence electrons. The van der Waals surface area contributed by atoms with Gasteiger partial charge in [-0.3, -0.25) is 4.79 Å². The van der Waals surface area contributed by atoms with E-state index in [1.807, 2.05) is 18.2 Å². The molecule has 0 unspecified atom stereocenters. The first-order valence-corrected chi connectivity index (χ1v) is 5.61. The van der Waals surface area contributed by atoms with Gasteiger partial charge in [0.2, 0.25) is 0 Å². The fraction of sp³-hybridized carbons (Fsp3) is 0.429. The zero-order chi connectivity index (χ0) is 12.9. The predicted molar refractivity (Wildman–Crippen MR) is 65.6 cm³/mol. The predicted octanol–water partition coefficient (Wildman–Crippen LogP) is 3.19. The molecular formula is C14H17NO2. The molecule has 0 fully saturated rings. The molecule has 1 rings (SSSR count). The second-order valence-electron chi connectivity index (χ2n) is 4.91. The summed E-state index contributed by atoms with van der Waals surface area (Å²) in [6, 6.07) is 9.38. The standard InChI is InChI=1S/C14H17NO2/c1-14(2,3)11-6-8-12(9-7-11)17-13(16)5-4-10-15/h6-9H,4-5H2,1-3H3. The lowest BCUT2D eigenvalue weighted by Crippen LogP contribution is -2.11. The highest BCUT2D eigenvalue weighted by Crippen LogP contribution is 2.24. The third-order valence-corrected chi connectivity index (χ3v) is 2.39. The Labute approximate surface area is 102 Å². The van der Waals surface area contributed by atoms with Crippen LogP contribution in [0.2, 0.25) is 0 Å². The SMILES string of the molecule is CC(C)(C)c1ccc(OC(=O)CCC#N)cc1. The lowest BCUT2D eigenvalue weighted by molar-refractivity contribution is -0.134. The van der Waals surface area contributed by atoms with Crippen molar-refractivity contribution in [3.63, 3.8) is 0 Å². The second kappa shape index (κ2) is 5.49. The Morgan fingerprint density at radius 2 is 1.88 bits per heavy atom. The van der Waals surface area contributed by atoms with Gasteiger partial charge in [0.15, 0.2) is 0 Å². The molecule has 0 N–H and O–H groups in total. The fourth-order valence-electron chi connectivity index (χ4n) is 1.36. The lowest BCUT2D eigenvalue weighted by Gasteiger charge is -2.18. The molecule has 17 heavy (non-hydrogen) atoms. The van der Waals surface area contributed by atoms with Crippen molar-refractivity contribution in [1.29, 1.82) is 5.26 Å². The van der Waals surface area contributed by atoms with E-state index >= 15 is 0 Å². The summed E-state index contributed by atoms with van der Waals surface area (Å²) in [5, 5.41) is 8.35. The van der Waals surface area contributed by atoms with Gasteiger partial charge in [0, 0.05) is 6.42 Å². The first kappa shape index (κ1) is 13.2. The third-order valence-electron chi connectivity index (χ3n) is 2.39. The normalized spacial score (nSPS) is 10.7. The van der Waals surface area contributed by atoms with Gasteiger partial charge in [0.1, 0.15) is 5.75 Å². The summed E-state index contributed by atoms with van der Waals surface area (Å²) in [5.74, 6) is 0.163.